The molecule has 0 aliphatic heterocycles. The van der Waals surface area contributed by atoms with Crippen LogP contribution in [0.25, 0.3) is 0 Å². The van der Waals surface area contributed by atoms with Gasteiger partial charge in [-0.15, -0.1) is 0 Å². The number of benzene rings is 1. The molecular formula is C15H16N2O2S. The summed E-state index contributed by atoms with van der Waals surface area (Å²) in [5, 5.41) is 9.73. The molecule has 3 rings (SSSR count). The number of aromatic carboxylic acids is 1. The minimum Gasteiger partial charge on any atom is -0.477 e. The van der Waals surface area contributed by atoms with Crippen molar-refractivity contribution in [3.63, 3.8) is 0 Å². The van der Waals surface area contributed by atoms with E-state index in [1.807, 2.05) is 6.92 Å². The monoisotopic (exact) mass is 288 g/mol. The first-order chi connectivity index (χ1) is 9.69. The summed E-state index contributed by atoms with van der Waals surface area (Å²) in [4.78, 5) is 17.5. The Hall–Kier alpha value is -1.88. The maximum atomic E-state index is 11.0. The van der Waals surface area contributed by atoms with Gasteiger partial charge >= 0.3 is 5.97 Å². The second-order valence-electron chi connectivity index (χ2n) is 4.93. The predicted octanol–water partition coefficient (Wildman–Crippen LogP) is 3.88. The summed E-state index contributed by atoms with van der Waals surface area (Å²) < 4.78 is 0. The zero-order valence-corrected chi connectivity index (χ0v) is 12.1. The fraction of sp³-hybridized carbons (Fsp3) is 0.333. The number of aromatic nitrogens is 1. The lowest BCUT2D eigenvalue weighted by molar-refractivity contribution is 0.0702. The first kappa shape index (κ1) is 13.1. The lowest BCUT2D eigenvalue weighted by atomic mass is 10.1. The van der Waals surface area contributed by atoms with Gasteiger partial charge in [0.25, 0.3) is 0 Å². The van der Waals surface area contributed by atoms with Crippen LogP contribution in [0.5, 0.6) is 0 Å². The number of hydrogen-bond acceptors (Lipinski definition) is 4. The molecule has 0 unspecified atom stereocenters. The average molecular weight is 288 g/mol. The van der Waals surface area contributed by atoms with Crippen molar-refractivity contribution >= 4 is 28.1 Å². The molecular weight excluding hydrogens is 272 g/mol. The summed E-state index contributed by atoms with van der Waals surface area (Å²) in [7, 11) is 0. The molecule has 1 aliphatic rings. The summed E-state index contributed by atoms with van der Waals surface area (Å²) in [6.45, 7) is 2.81. The lowest BCUT2D eigenvalue weighted by Gasteiger charge is -2.20. The molecule has 1 aromatic heterocycles. The van der Waals surface area contributed by atoms with Crippen LogP contribution in [0.4, 0.5) is 10.8 Å². The van der Waals surface area contributed by atoms with Crippen LogP contribution in [0.3, 0.4) is 0 Å². The van der Waals surface area contributed by atoms with Crippen molar-refractivity contribution in [3.8, 4) is 0 Å². The first-order valence-electron chi connectivity index (χ1n) is 6.75. The highest BCUT2D eigenvalue weighted by molar-refractivity contribution is 7.17. The van der Waals surface area contributed by atoms with E-state index in [0.29, 0.717) is 5.92 Å². The van der Waals surface area contributed by atoms with Crippen molar-refractivity contribution in [2.45, 2.75) is 25.7 Å². The largest absolute Gasteiger partial charge is 0.477 e. The third-order valence-electron chi connectivity index (χ3n) is 3.48. The molecule has 0 spiro atoms. The SMILES string of the molecule is CCN(c1cccc(C2CC2)c1)c1ncc(C(=O)O)s1. The maximum Gasteiger partial charge on any atom is 0.347 e. The Kier molecular flexibility index (Phi) is 3.44. The number of carboxylic acid groups (broad SMARTS) is 1. The molecule has 0 radical (unpaired) electrons. The Bertz CT molecular complexity index is 634. The molecule has 1 aromatic carbocycles. The van der Waals surface area contributed by atoms with Crippen LogP contribution in [-0.2, 0) is 0 Å². The number of rotatable bonds is 5. The summed E-state index contributed by atoms with van der Waals surface area (Å²) in [5.74, 6) is -0.212. The van der Waals surface area contributed by atoms with Gasteiger partial charge in [-0.1, -0.05) is 23.5 Å². The highest BCUT2D eigenvalue weighted by atomic mass is 32.1. The van der Waals surface area contributed by atoms with Gasteiger partial charge in [-0.2, -0.15) is 0 Å². The van der Waals surface area contributed by atoms with Crippen LogP contribution in [0.1, 0.15) is 40.9 Å². The van der Waals surface area contributed by atoms with E-state index in [4.69, 9.17) is 5.11 Å². The minimum atomic E-state index is -0.920. The number of hydrogen-bond donors (Lipinski definition) is 1. The summed E-state index contributed by atoms with van der Waals surface area (Å²) in [6, 6.07) is 8.48. The lowest BCUT2D eigenvalue weighted by Crippen LogP contribution is -2.15. The number of carbonyl (C=O) groups is 1. The van der Waals surface area contributed by atoms with E-state index in [2.05, 4.69) is 34.1 Å². The van der Waals surface area contributed by atoms with Gasteiger partial charge in [-0.3, -0.25) is 0 Å². The van der Waals surface area contributed by atoms with Crippen molar-refractivity contribution in [2.24, 2.45) is 0 Å². The van der Waals surface area contributed by atoms with Gasteiger partial charge in [0, 0.05) is 12.2 Å². The fourth-order valence-electron chi connectivity index (χ4n) is 2.28. The van der Waals surface area contributed by atoms with Crippen LogP contribution in [0.15, 0.2) is 30.5 Å². The molecule has 1 saturated carbocycles. The van der Waals surface area contributed by atoms with Gasteiger partial charge in [0.1, 0.15) is 4.88 Å². The van der Waals surface area contributed by atoms with E-state index >= 15 is 0 Å². The molecule has 1 N–H and O–H groups in total. The molecule has 4 nitrogen and oxygen atoms in total. The van der Waals surface area contributed by atoms with Gasteiger partial charge in [-0.25, -0.2) is 9.78 Å². The molecule has 1 aliphatic carbocycles. The first-order valence-corrected chi connectivity index (χ1v) is 7.57. The molecule has 2 aromatic rings. The zero-order chi connectivity index (χ0) is 14.1. The Labute approximate surface area is 121 Å². The van der Waals surface area contributed by atoms with Gasteiger partial charge in [0.2, 0.25) is 0 Å². The van der Waals surface area contributed by atoms with Crippen molar-refractivity contribution in [1.29, 1.82) is 0 Å². The van der Waals surface area contributed by atoms with Crippen LogP contribution < -0.4 is 4.90 Å². The topological polar surface area (TPSA) is 53.4 Å². The quantitative estimate of drug-likeness (QED) is 0.907. The van der Waals surface area contributed by atoms with E-state index in [-0.39, 0.29) is 4.88 Å². The maximum absolute atomic E-state index is 11.0. The third-order valence-corrected chi connectivity index (χ3v) is 4.49. The van der Waals surface area contributed by atoms with Gasteiger partial charge in [0.05, 0.1) is 6.20 Å². The molecule has 0 amide bonds. The van der Waals surface area contributed by atoms with E-state index in [9.17, 15) is 4.79 Å². The number of anilines is 2. The summed E-state index contributed by atoms with van der Waals surface area (Å²) in [6.07, 6.45) is 3.97. The highest BCUT2D eigenvalue weighted by Gasteiger charge is 2.24. The molecule has 5 heteroatoms. The highest BCUT2D eigenvalue weighted by Crippen LogP contribution is 2.41. The minimum absolute atomic E-state index is 0.275. The Morgan fingerprint density at radius 1 is 1.50 bits per heavy atom. The van der Waals surface area contributed by atoms with E-state index in [1.165, 1.54) is 35.9 Å². The Morgan fingerprint density at radius 2 is 2.30 bits per heavy atom. The molecule has 0 atom stereocenters. The molecule has 0 saturated heterocycles. The second kappa shape index (κ2) is 5.25. The van der Waals surface area contributed by atoms with E-state index in [0.717, 1.165) is 17.4 Å². The zero-order valence-electron chi connectivity index (χ0n) is 11.2. The number of nitrogens with zero attached hydrogens (tertiary/aromatic N) is 2. The summed E-state index contributed by atoms with van der Waals surface area (Å²) in [5.41, 5.74) is 2.46. The third kappa shape index (κ3) is 2.54. The van der Waals surface area contributed by atoms with Crippen LogP contribution in [0.2, 0.25) is 0 Å². The van der Waals surface area contributed by atoms with Crippen LogP contribution in [0, 0.1) is 0 Å². The molecule has 104 valence electrons. The molecule has 1 heterocycles. The summed E-state index contributed by atoms with van der Waals surface area (Å²) >= 11 is 1.21. The van der Waals surface area contributed by atoms with Gasteiger partial charge in [-0.05, 0) is 43.4 Å². The Morgan fingerprint density at radius 3 is 2.90 bits per heavy atom. The standard InChI is InChI=1S/C15H16N2O2S/c1-2-17(15-16-9-13(20-15)14(18)19)12-5-3-4-11(8-12)10-6-7-10/h3-5,8-10H,2,6-7H2,1H3,(H,18,19). The second-order valence-corrected chi connectivity index (χ2v) is 5.93. The van der Waals surface area contributed by atoms with E-state index in [1.54, 1.807) is 0 Å². The number of carboxylic acids is 1. The molecule has 20 heavy (non-hydrogen) atoms. The van der Waals surface area contributed by atoms with Crippen LogP contribution in [-0.4, -0.2) is 22.6 Å². The van der Waals surface area contributed by atoms with Gasteiger partial charge in [0.15, 0.2) is 5.13 Å². The smallest absolute Gasteiger partial charge is 0.347 e. The van der Waals surface area contributed by atoms with Crippen molar-refractivity contribution in [3.05, 3.63) is 40.9 Å². The molecule has 0 bridgehead atoms. The van der Waals surface area contributed by atoms with Crippen molar-refractivity contribution in [2.75, 3.05) is 11.4 Å². The molecule has 1 fully saturated rings. The fourth-order valence-corrected chi connectivity index (χ4v) is 3.12. The van der Waals surface area contributed by atoms with Crippen LogP contribution >= 0.6 is 11.3 Å². The predicted molar refractivity (Wildman–Crippen MR) is 80.2 cm³/mol. The number of thiazole rings is 1. The van der Waals surface area contributed by atoms with Crippen molar-refractivity contribution < 1.29 is 9.90 Å². The average Bonchev–Trinajstić information content (AvgIpc) is 3.19. The van der Waals surface area contributed by atoms with Crippen molar-refractivity contribution in [1.82, 2.24) is 4.98 Å². The van der Waals surface area contributed by atoms with E-state index < -0.39 is 5.97 Å². The Balaban J connectivity index is 1.91. The normalized spacial score (nSPS) is 14.2. The van der Waals surface area contributed by atoms with Gasteiger partial charge < -0.3 is 10.0 Å².